The smallest absolute Gasteiger partial charge is 0.305 e. The summed E-state index contributed by atoms with van der Waals surface area (Å²) in [5.74, 6) is -0.704. The summed E-state index contributed by atoms with van der Waals surface area (Å²) in [6, 6.07) is 13.3. The molecule has 0 saturated carbocycles. The number of benzene rings is 2. The van der Waals surface area contributed by atoms with Crippen LogP contribution in [0.5, 0.6) is 5.75 Å². The molecule has 0 atom stereocenters. The third kappa shape index (κ3) is 6.58. The Bertz CT molecular complexity index is 795. The van der Waals surface area contributed by atoms with Crippen LogP contribution in [0, 0.1) is 15.9 Å². The van der Waals surface area contributed by atoms with Crippen LogP contribution in [0.2, 0.25) is 0 Å². The zero-order chi connectivity index (χ0) is 19.2. The van der Waals surface area contributed by atoms with E-state index in [1.807, 2.05) is 35.2 Å². The predicted octanol–water partition coefficient (Wildman–Crippen LogP) is 4.20. The van der Waals surface area contributed by atoms with Crippen molar-refractivity contribution in [3.63, 3.8) is 0 Å². The third-order valence-corrected chi connectivity index (χ3v) is 4.66. The van der Waals surface area contributed by atoms with E-state index in [4.69, 9.17) is 4.74 Å². The number of ether oxygens (including phenoxy) is 1. The summed E-state index contributed by atoms with van der Waals surface area (Å²) < 4.78 is 31.3. The number of halogens is 1. The number of nitro groups is 1. The molecular formula is C18H22FN2O4P. The summed E-state index contributed by atoms with van der Waals surface area (Å²) >= 11 is 0. The number of hydrogen-bond donors (Lipinski definition) is 0. The monoisotopic (exact) mass is 380 g/mol. The molecule has 0 saturated heterocycles. The molecule has 0 aromatic heterocycles. The molecule has 0 aliphatic carbocycles. The van der Waals surface area contributed by atoms with Gasteiger partial charge in [0.1, 0.15) is 12.4 Å². The Kier molecular flexibility index (Phi) is 6.89. The summed E-state index contributed by atoms with van der Waals surface area (Å²) in [5, 5.41) is 10.6. The summed E-state index contributed by atoms with van der Waals surface area (Å²) in [7, 11) is -2.26. The van der Waals surface area contributed by atoms with E-state index in [2.05, 4.69) is 0 Å². The molecule has 0 aliphatic rings. The van der Waals surface area contributed by atoms with Crippen LogP contribution < -0.4 is 4.74 Å². The van der Waals surface area contributed by atoms with Crippen LogP contribution in [0.1, 0.15) is 5.56 Å². The average molecular weight is 380 g/mol. The van der Waals surface area contributed by atoms with Crippen LogP contribution in [0.15, 0.2) is 48.5 Å². The maximum absolute atomic E-state index is 13.6. The van der Waals surface area contributed by atoms with Gasteiger partial charge in [0.25, 0.3) is 0 Å². The van der Waals surface area contributed by atoms with Gasteiger partial charge in [0.05, 0.1) is 18.4 Å². The van der Waals surface area contributed by atoms with Crippen LogP contribution in [-0.4, -0.2) is 42.6 Å². The number of hydrogen-bond acceptors (Lipinski definition) is 5. The molecule has 2 rings (SSSR count). The van der Waals surface area contributed by atoms with E-state index in [1.165, 1.54) is 6.07 Å². The van der Waals surface area contributed by atoms with Gasteiger partial charge in [-0.25, -0.2) is 0 Å². The molecule has 0 heterocycles. The van der Waals surface area contributed by atoms with E-state index in [-0.39, 0.29) is 12.4 Å². The Morgan fingerprint density at radius 1 is 1.19 bits per heavy atom. The second kappa shape index (κ2) is 8.92. The van der Waals surface area contributed by atoms with Crippen molar-refractivity contribution in [2.24, 2.45) is 0 Å². The van der Waals surface area contributed by atoms with E-state index in [0.717, 1.165) is 17.7 Å². The van der Waals surface area contributed by atoms with Gasteiger partial charge in [-0.1, -0.05) is 30.3 Å². The molecule has 0 amide bonds. The molecule has 0 radical (unpaired) electrons. The Balaban J connectivity index is 1.97. The normalized spacial score (nSPS) is 11.5. The zero-order valence-electron chi connectivity index (χ0n) is 14.8. The first-order chi connectivity index (χ1) is 12.2. The lowest BCUT2D eigenvalue weighted by atomic mass is 10.2. The van der Waals surface area contributed by atoms with Gasteiger partial charge in [-0.3, -0.25) is 15.0 Å². The first kappa shape index (κ1) is 20.1. The topological polar surface area (TPSA) is 72.7 Å². The lowest BCUT2D eigenvalue weighted by Gasteiger charge is -2.24. The van der Waals surface area contributed by atoms with Gasteiger partial charge in [-0.15, -0.1) is 0 Å². The Morgan fingerprint density at radius 3 is 2.46 bits per heavy atom. The van der Waals surface area contributed by atoms with Crippen molar-refractivity contribution in [1.29, 1.82) is 0 Å². The molecule has 0 unspecified atom stereocenters. The predicted molar refractivity (Wildman–Crippen MR) is 99.7 cm³/mol. The van der Waals surface area contributed by atoms with Gasteiger partial charge in [-0.05, 0) is 25.0 Å². The molecule has 6 nitrogen and oxygen atoms in total. The summed E-state index contributed by atoms with van der Waals surface area (Å²) in [6.45, 7) is 4.85. The fourth-order valence-electron chi connectivity index (χ4n) is 2.54. The van der Waals surface area contributed by atoms with Crippen LogP contribution in [-0.2, 0) is 11.1 Å². The Morgan fingerprint density at radius 2 is 1.88 bits per heavy atom. The highest BCUT2D eigenvalue weighted by Gasteiger charge is 2.16. The molecule has 0 bridgehead atoms. The van der Waals surface area contributed by atoms with Crippen LogP contribution in [0.25, 0.3) is 0 Å². The molecule has 2 aromatic carbocycles. The number of nitro benzene ring substituents is 1. The molecule has 0 fully saturated rings. The fourth-order valence-corrected chi connectivity index (χ4v) is 3.75. The number of nitrogens with zero attached hydrogens (tertiary/aromatic N) is 2. The third-order valence-electron chi connectivity index (χ3n) is 3.58. The standard InChI is InChI=1S/C18H22FN2O4P/c1-26(2,24)14-20(13-15-6-4-3-5-7-15)10-11-25-16-8-9-18(21(22)23)17(19)12-16/h3-9,12H,10-11,13-14H2,1-2H3. The molecule has 0 N–H and O–H groups in total. The van der Waals surface area contributed by atoms with Crippen molar-refractivity contribution >= 4 is 12.8 Å². The largest absolute Gasteiger partial charge is 0.492 e. The van der Waals surface area contributed by atoms with E-state index in [9.17, 15) is 19.1 Å². The number of rotatable bonds is 9. The van der Waals surface area contributed by atoms with Crippen molar-refractivity contribution in [1.82, 2.24) is 4.90 Å². The summed E-state index contributed by atoms with van der Waals surface area (Å²) in [5.41, 5.74) is 0.517. The fraction of sp³-hybridized carbons (Fsp3) is 0.333. The molecule has 2 aromatic rings. The van der Waals surface area contributed by atoms with E-state index >= 15 is 0 Å². The minimum Gasteiger partial charge on any atom is -0.492 e. The van der Waals surface area contributed by atoms with E-state index < -0.39 is 23.6 Å². The van der Waals surface area contributed by atoms with Crippen molar-refractivity contribution in [3.8, 4) is 5.75 Å². The lowest BCUT2D eigenvalue weighted by molar-refractivity contribution is -0.387. The molecule has 140 valence electrons. The minimum absolute atomic E-state index is 0.226. The second-order valence-electron chi connectivity index (χ2n) is 6.47. The van der Waals surface area contributed by atoms with Gasteiger partial charge in [-0.2, -0.15) is 4.39 Å². The van der Waals surface area contributed by atoms with Gasteiger partial charge in [0.2, 0.25) is 5.82 Å². The van der Waals surface area contributed by atoms with Gasteiger partial charge in [0, 0.05) is 25.2 Å². The molecular weight excluding hydrogens is 358 g/mol. The van der Waals surface area contributed by atoms with Crippen LogP contribution in [0.4, 0.5) is 10.1 Å². The highest BCUT2D eigenvalue weighted by molar-refractivity contribution is 7.62. The lowest BCUT2D eigenvalue weighted by Crippen LogP contribution is -2.29. The van der Waals surface area contributed by atoms with Crippen molar-refractivity contribution in [2.45, 2.75) is 6.54 Å². The molecule has 8 heteroatoms. The molecule has 26 heavy (non-hydrogen) atoms. The Labute approximate surface area is 152 Å². The Hall–Kier alpha value is -2.24. The zero-order valence-corrected chi connectivity index (χ0v) is 15.7. The SMILES string of the molecule is CP(C)(=O)CN(CCOc1ccc([N+](=O)[O-])c(F)c1)Cc1ccccc1. The van der Waals surface area contributed by atoms with Gasteiger partial charge < -0.3 is 9.30 Å². The van der Waals surface area contributed by atoms with Crippen molar-refractivity contribution < 1.29 is 18.6 Å². The summed E-state index contributed by atoms with van der Waals surface area (Å²) in [6.07, 6.45) is 0.444. The first-order valence-electron chi connectivity index (χ1n) is 8.11. The van der Waals surface area contributed by atoms with Gasteiger partial charge >= 0.3 is 5.69 Å². The average Bonchev–Trinajstić information content (AvgIpc) is 2.54. The highest BCUT2D eigenvalue weighted by atomic mass is 31.2. The van der Waals surface area contributed by atoms with E-state index in [0.29, 0.717) is 19.4 Å². The molecule has 0 aliphatic heterocycles. The quantitative estimate of drug-likeness (QED) is 0.370. The first-order valence-corrected chi connectivity index (χ1v) is 10.9. The summed E-state index contributed by atoms with van der Waals surface area (Å²) in [4.78, 5) is 11.9. The second-order valence-corrected chi connectivity index (χ2v) is 9.90. The van der Waals surface area contributed by atoms with Crippen molar-refractivity contribution in [2.75, 3.05) is 32.8 Å². The highest BCUT2D eigenvalue weighted by Crippen LogP contribution is 2.36. The van der Waals surface area contributed by atoms with Gasteiger partial charge in [0.15, 0.2) is 0 Å². The maximum atomic E-state index is 13.6. The van der Waals surface area contributed by atoms with E-state index in [1.54, 1.807) is 13.3 Å². The van der Waals surface area contributed by atoms with Crippen molar-refractivity contribution in [3.05, 3.63) is 70.0 Å². The molecule has 0 spiro atoms. The van der Waals surface area contributed by atoms with Crippen LogP contribution in [0.3, 0.4) is 0 Å². The minimum atomic E-state index is -2.26. The van der Waals surface area contributed by atoms with Crippen LogP contribution >= 0.6 is 7.14 Å². The maximum Gasteiger partial charge on any atom is 0.305 e.